The highest BCUT2D eigenvalue weighted by atomic mass is 16.5. The van der Waals surface area contributed by atoms with Crippen molar-refractivity contribution in [3.63, 3.8) is 0 Å². The molecular formula is C17H21N3O. The topological polar surface area (TPSA) is 64.9 Å². The van der Waals surface area contributed by atoms with Gasteiger partial charge in [0.2, 0.25) is 0 Å². The van der Waals surface area contributed by atoms with Gasteiger partial charge in [-0.1, -0.05) is 30.5 Å². The Bertz CT molecular complexity index is 656. The van der Waals surface area contributed by atoms with Crippen molar-refractivity contribution in [2.24, 2.45) is 5.73 Å². The molecule has 1 saturated carbocycles. The average molecular weight is 283 g/mol. The number of benzene rings is 1. The molecular weight excluding hydrogens is 262 g/mol. The second kappa shape index (κ2) is 4.95. The van der Waals surface area contributed by atoms with Crippen molar-refractivity contribution in [2.75, 3.05) is 0 Å². The van der Waals surface area contributed by atoms with Gasteiger partial charge in [0, 0.05) is 5.56 Å². The number of aromatic nitrogens is 2. The summed E-state index contributed by atoms with van der Waals surface area (Å²) in [6, 6.07) is 6.48. The molecule has 4 nitrogen and oxygen atoms in total. The Labute approximate surface area is 124 Å². The SMILES string of the molecule is NC1(c2noc(-c3ccc4c(c3)CCC4)n2)CCCCC1. The summed E-state index contributed by atoms with van der Waals surface area (Å²) in [6.07, 6.45) is 9.07. The molecule has 4 rings (SSSR count). The number of nitrogens with zero attached hydrogens (tertiary/aromatic N) is 2. The van der Waals surface area contributed by atoms with Gasteiger partial charge in [0.1, 0.15) is 0 Å². The Morgan fingerprint density at radius 3 is 2.67 bits per heavy atom. The fourth-order valence-electron chi connectivity index (χ4n) is 3.65. The van der Waals surface area contributed by atoms with Crippen molar-refractivity contribution in [1.82, 2.24) is 10.1 Å². The molecule has 110 valence electrons. The second-order valence-corrected chi connectivity index (χ2v) is 6.48. The second-order valence-electron chi connectivity index (χ2n) is 6.48. The van der Waals surface area contributed by atoms with Gasteiger partial charge in [0.15, 0.2) is 5.82 Å². The lowest BCUT2D eigenvalue weighted by atomic mass is 9.82. The van der Waals surface area contributed by atoms with Crippen LogP contribution in [0.5, 0.6) is 0 Å². The summed E-state index contributed by atoms with van der Waals surface area (Å²) in [5.41, 5.74) is 9.99. The van der Waals surface area contributed by atoms with Crippen LogP contribution >= 0.6 is 0 Å². The predicted octanol–water partition coefficient (Wildman–Crippen LogP) is 3.34. The molecule has 0 saturated heterocycles. The van der Waals surface area contributed by atoms with E-state index in [2.05, 4.69) is 28.3 Å². The fourth-order valence-corrected chi connectivity index (χ4v) is 3.65. The smallest absolute Gasteiger partial charge is 0.258 e. The molecule has 0 spiro atoms. The largest absolute Gasteiger partial charge is 0.334 e. The fraction of sp³-hybridized carbons (Fsp3) is 0.529. The van der Waals surface area contributed by atoms with Crippen LogP contribution in [0.2, 0.25) is 0 Å². The quantitative estimate of drug-likeness (QED) is 0.918. The van der Waals surface area contributed by atoms with Crippen molar-refractivity contribution < 1.29 is 4.52 Å². The van der Waals surface area contributed by atoms with Gasteiger partial charge in [-0.15, -0.1) is 0 Å². The van der Waals surface area contributed by atoms with E-state index in [-0.39, 0.29) is 0 Å². The summed E-state index contributed by atoms with van der Waals surface area (Å²) in [4.78, 5) is 4.60. The van der Waals surface area contributed by atoms with E-state index >= 15 is 0 Å². The van der Waals surface area contributed by atoms with Gasteiger partial charge < -0.3 is 10.3 Å². The minimum absolute atomic E-state index is 0.392. The van der Waals surface area contributed by atoms with Crippen LogP contribution in [-0.4, -0.2) is 10.1 Å². The number of hydrogen-bond donors (Lipinski definition) is 1. The van der Waals surface area contributed by atoms with E-state index in [0.29, 0.717) is 11.7 Å². The zero-order valence-electron chi connectivity index (χ0n) is 12.3. The molecule has 4 heteroatoms. The standard InChI is InChI=1S/C17H21N3O/c18-17(9-2-1-3-10-17)16-19-15(21-20-16)14-8-7-12-5-4-6-13(12)11-14/h7-8,11H,1-6,9-10,18H2. The average Bonchev–Trinajstić information content (AvgIpc) is 3.17. The molecule has 0 bridgehead atoms. The predicted molar refractivity (Wildman–Crippen MR) is 80.7 cm³/mol. The van der Waals surface area contributed by atoms with E-state index in [1.165, 1.54) is 30.4 Å². The number of nitrogens with two attached hydrogens (primary N) is 1. The molecule has 0 atom stereocenters. The Hall–Kier alpha value is -1.68. The molecule has 2 aliphatic carbocycles. The summed E-state index contributed by atoms with van der Waals surface area (Å²) in [5.74, 6) is 1.28. The molecule has 2 N–H and O–H groups in total. The summed E-state index contributed by atoms with van der Waals surface area (Å²) < 4.78 is 5.49. The maximum atomic E-state index is 6.48. The highest BCUT2D eigenvalue weighted by Gasteiger charge is 2.34. The summed E-state index contributed by atoms with van der Waals surface area (Å²) >= 11 is 0. The third-order valence-corrected chi connectivity index (χ3v) is 4.96. The van der Waals surface area contributed by atoms with Crippen LogP contribution in [0.4, 0.5) is 0 Å². The zero-order valence-corrected chi connectivity index (χ0v) is 12.3. The number of fused-ring (bicyclic) bond motifs is 1. The lowest BCUT2D eigenvalue weighted by molar-refractivity contribution is 0.275. The van der Waals surface area contributed by atoms with Crippen molar-refractivity contribution in [2.45, 2.75) is 56.9 Å². The van der Waals surface area contributed by atoms with Crippen molar-refractivity contribution in [1.29, 1.82) is 0 Å². The molecule has 1 aromatic carbocycles. The Morgan fingerprint density at radius 2 is 1.81 bits per heavy atom. The maximum Gasteiger partial charge on any atom is 0.258 e. The van der Waals surface area contributed by atoms with Crippen LogP contribution in [0.25, 0.3) is 11.5 Å². The first-order chi connectivity index (χ1) is 10.2. The van der Waals surface area contributed by atoms with Gasteiger partial charge in [-0.25, -0.2) is 0 Å². The minimum atomic E-state index is -0.392. The zero-order chi connectivity index (χ0) is 14.3. The van der Waals surface area contributed by atoms with Crippen LogP contribution in [0.1, 0.15) is 55.5 Å². The normalized spacial score (nSPS) is 20.4. The van der Waals surface area contributed by atoms with Crippen LogP contribution in [-0.2, 0) is 18.4 Å². The summed E-state index contributed by atoms with van der Waals surface area (Å²) in [6.45, 7) is 0. The number of rotatable bonds is 2. The van der Waals surface area contributed by atoms with Crippen LogP contribution in [0.15, 0.2) is 22.7 Å². The van der Waals surface area contributed by atoms with E-state index < -0.39 is 5.54 Å². The Kier molecular flexibility index (Phi) is 3.07. The minimum Gasteiger partial charge on any atom is -0.334 e. The van der Waals surface area contributed by atoms with Gasteiger partial charge in [-0.3, -0.25) is 0 Å². The van der Waals surface area contributed by atoms with Crippen LogP contribution < -0.4 is 5.73 Å². The van der Waals surface area contributed by atoms with E-state index in [1.807, 2.05) is 0 Å². The van der Waals surface area contributed by atoms with E-state index in [0.717, 1.165) is 37.7 Å². The van der Waals surface area contributed by atoms with Gasteiger partial charge in [0.25, 0.3) is 5.89 Å². The van der Waals surface area contributed by atoms with Gasteiger partial charge in [-0.05, 0) is 55.4 Å². The number of aryl methyl sites for hydroxylation is 2. The molecule has 0 unspecified atom stereocenters. The molecule has 21 heavy (non-hydrogen) atoms. The van der Waals surface area contributed by atoms with Crippen molar-refractivity contribution >= 4 is 0 Å². The molecule has 1 heterocycles. The van der Waals surface area contributed by atoms with E-state index in [1.54, 1.807) is 0 Å². The van der Waals surface area contributed by atoms with Gasteiger partial charge in [0.05, 0.1) is 5.54 Å². The Balaban J connectivity index is 1.65. The molecule has 2 aliphatic rings. The first-order valence-corrected chi connectivity index (χ1v) is 8.00. The van der Waals surface area contributed by atoms with Gasteiger partial charge in [-0.2, -0.15) is 4.98 Å². The van der Waals surface area contributed by atoms with Crippen molar-refractivity contribution in [3.05, 3.63) is 35.2 Å². The lowest BCUT2D eigenvalue weighted by Gasteiger charge is -2.29. The summed E-state index contributed by atoms with van der Waals surface area (Å²) in [5, 5.41) is 4.17. The Morgan fingerprint density at radius 1 is 1.00 bits per heavy atom. The molecule has 0 amide bonds. The summed E-state index contributed by atoms with van der Waals surface area (Å²) in [7, 11) is 0. The third kappa shape index (κ3) is 2.27. The molecule has 1 fully saturated rings. The molecule has 0 aliphatic heterocycles. The van der Waals surface area contributed by atoms with Crippen molar-refractivity contribution in [3.8, 4) is 11.5 Å². The highest BCUT2D eigenvalue weighted by Crippen LogP contribution is 2.34. The molecule has 2 aromatic rings. The van der Waals surface area contributed by atoms with E-state index in [9.17, 15) is 0 Å². The maximum absolute atomic E-state index is 6.48. The molecule has 1 aromatic heterocycles. The van der Waals surface area contributed by atoms with Crippen LogP contribution in [0.3, 0.4) is 0 Å². The number of hydrogen-bond acceptors (Lipinski definition) is 4. The van der Waals surface area contributed by atoms with E-state index in [4.69, 9.17) is 10.3 Å². The monoisotopic (exact) mass is 283 g/mol. The third-order valence-electron chi connectivity index (χ3n) is 4.96. The highest BCUT2D eigenvalue weighted by molar-refractivity contribution is 5.56. The first kappa shape index (κ1) is 13.0. The van der Waals surface area contributed by atoms with Crippen LogP contribution in [0, 0.1) is 0 Å². The van der Waals surface area contributed by atoms with Gasteiger partial charge >= 0.3 is 0 Å². The first-order valence-electron chi connectivity index (χ1n) is 8.00. The molecule has 0 radical (unpaired) electrons. The lowest BCUT2D eigenvalue weighted by Crippen LogP contribution is -2.39.